The molecule has 0 bridgehead atoms. The Bertz CT molecular complexity index is 430. The topological polar surface area (TPSA) is 53.2 Å². The van der Waals surface area contributed by atoms with Crippen molar-refractivity contribution in [2.24, 2.45) is 0 Å². The van der Waals surface area contributed by atoms with Gasteiger partial charge in [-0.3, -0.25) is 0 Å². The molecule has 3 N–H and O–H groups in total. The summed E-state index contributed by atoms with van der Waals surface area (Å²) in [5.41, 5.74) is 1.71. The van der Waals surface area contributed by atoms with Gasteiger partial charge in [-0.1, -0.05) is 17.7 Å². The molecule has 4 nitrogen and oxygen atoms in total. The van der Waals surface area contributed by atoms with E-state index in [0.717, 1.165) is 31.5 Å². The van der Waals surface area contributed by atoms with Gasteiger partial charge in [-0.25, -0.2) is 4.79 Å². The smallest absolute Gasteiger partial charge is 0.319 e. The van der Waals surface area contributed by atoms with Crippen molar-refractivity contribution in [1.82, 2.24) is 10.6 Å². The Labute approximate surface area is 112 Å². The van der Waals surface area contributed by atoms with Crippen molar-refractivity contribution in [3.63, 3.8) is 0 Å². The van der Waals surface area contributed by atoms with E-state index in [9.17, 15) is 4.79 Å². The molecule has 18 heavy (non-hydrogen) atoms. The van der Waals surface area contributed by atoms with Gasteiger partial charge in [-0.2, -0.15) is 0 Å². The third kappa shape index (κ3) is 3.62. The lowest BCUT2D eigenvalue weighted by atomic mass is 10.1. The van der Waals surface area contributed by atoms with Gasteiger partial charge < -0.3 is 16.0 Å². The molecule has 2 amide bonds. The minimum Gasteiger partial charge on any atom is -0.334 e. The number of hydrogen-bond acceptors (Lipinski definition) is 2. The number of carbonyl (C=O) groups is 1. The summed E-state index contributed by atoms with van der Waals surface area (Å²) in [6, 6.07) is 5.53. The molecule has 1 aromatic rings. The minimum absolute atomic E-state index is 0.177. The SMILES string of the molecule is Cc1ccc(NC(=O)N[C@@H]2CCCNC2)cc1Cl. The lowest BCUT2D eigenvalue weighted by Crippen LogP contribution is -2.47. The molecule has 1 atom stereocenters. The molecule has 1 fully saturated rings. The molecule has 0 radical (unpaired) electrons. The van der Waals surface area contributed by atoms with E-state index in [1.807, 2.05) is 19.1 Å². The molecule has 1 aliphatic heterocycles. The van der Waals surface area contributed by atoms with E-state index < -0.39 is 0 Å². The molecular formula is C13H18ClN3O. The lowest BCUT2D eigenvalue weighted by molar-refractivity contribution is 0.245. The predicted molar refractivity (Wildman–Crippen MR) is 74.2 cm³/mol. The van der Waals surface area contributed by atoms with E-state index in [-0.39, 0.29) is 12.1 Å². The van der Waals surface area contributed by atoms with Crippen molar-refractivity contribution < 1.29 is 4.79 Å². The monoisotopic (exact) mass is 267 g/mol. The number of carbonyl (C=O) groups excluding carboxylic acids is 1. The van der Waals surface area contributed by atoms with Crippen LogP contribution >= 0.6 is 11.6 Å². The van der Waals surface area contributed by atoms with Gasteiger partial charge in [0.15, 0.2) is 0 Å². The zero-order chi connectivity index (χ0) is 13.0. The van der Waals surface area contributed by atoms with Crippen molar-refractivity contribution in [3.05, 3.63) is 28.8 Å². The van der Waals surface area contributed by atoms with Crippen LogP contribution in [-0.2, 0) is 0 Å². The van der Waals surface area contributed by atoms with Gasteiger partial charge in [0.25, 0.3) is 0 Å². The molecule has 2 rings (SSSR count). The summed E-state index contributed by atoms with van der Waals surface area (Å²) in [5, 5.41) is 9.66. The number of hydrogen-bond donors (Lipinski definition) is 3. The van der Waals surface area contributed by atoms with Gasteiger partial charge in [0.2, 0.25) is 0 Å². The van der Waals surface area contributed by atoms with Crippen LogP contribution in [0.2, 0.25) is 5.02 Å². The van der Waals surface area contributed by atoms with Crippen LogP contribution < -0.4 is 16.0 Å². The van der Waals surface area contributed by atoms with Crippen molar-refractivity contribution in [1.29, 1.82) is 0 Å². The molecule has 1 heterocycles. The second kappa shape index (κ2) is 6.07. The van der Waals surface area contributed by atoms with Gasteiger partial charge in [0.05, 0.1) is 0 Å². The van der Waals surface area contributed by atoms with Crippen LogP contribution in [0.1, 0.15) is 18.4 Å². The molecule has 1 saturated heterocycles. The van der Waals surface area contributed by atoms with Crippen LogP contribution in [-0.4, -0.2) is 25.2 Å². The summed E-state index contributed by atoms with van der Waals surface area (Å²) in [7, 11) is 0. The Balaban J connectivity index is 1.88. The second-order valence-corrected chi connectivity index (χ2v) is 5.01. The average molecular weight is 268 g/mol. The number of urea groups is 1. The maximum absolute atomic E-state index is 11.8. The zero-order valence-electron chi connectivity index (χ0n) is 10.4. The molecule has 0 unspecified atom stereocenters. The van der Waals surface area contributed by atoms with Crippen molar-refractivity contribution in [2.75, 3.05) is 18.4 Å². The number of nitrogens with one attached hydrogen (secondary N) is 3. The molecule has 0 saturated carbocycles. The second-order valence-electron chi connectivity index (χ2n) is 4.61. The van der Waals surface area contributed by atoms with Crippen molar-refractivity contribution in [3.8, 4) is 0 Å². The summed E-state index contributed by atoms with van der Waals surface area (Å²) in [6.45, 7) is 3.80. The lowest BCUT2D eigenvalue weighted by Gasteiger charge is -2.23. The van der Waals surface area contributed by atoms with E-state index in [1.54, 1.807) is 6.07 Å². The van der Waals surface area contributed by atoms with Crippen LogP contribution in [0.4, 0.5) is 10.5 Å². The Morgan fingerprint density at radius 1 is 1.50 bits per heavy atom. The van der Waals surface area contributed by atoms with Crippen LogP contribution in [0.3, 0.4) is 0 Å². The number of benzene rings is 1. The quantitative estimate of drug-likeness (QED) is 0.771. The first-order valence-corrected chi connectivity index (χ1v) is 6.57. The number of halogens is 1. The molecule has 1 aliphatic rings. The van der Waals surface area contributed by atoms with E-state index in [0.29, 0.717) is 10.7 Å². The first-order chi connectivity index (χ1) is 8.65. The highest BCUT2D eigenvalue weighted by Crippen LogP contribution is 2.19. The van der Waals surface area contributed by atoms with E-state index >= 15 is 0 Å². The first-order valence-electron chi connectivity index (χ1n) is 6.19. The summed E-state index contributed by atoms with van der Waals surface area (Å²) in [6.07, 6.45) is 2.12. The zero-order valence-corrected chi connectivity index (χ0v) is 11.2. The van der Waals surface area contributed by atoms with Gasteiger partial charge >= 0.3 is 6.03 Å². The van der Waals surface area contributed by atoms with E-state index in [4.69, 9.17) is 11.6 Å². The molecule has 98 valence electrons. The third-order valence-corrected chi connectivity index (χ3v) is 3.47. The van der Waals surface area contributed by atoms with E-state index in [1.165, 1.54) is 0 Å². The fourth-order valence-corrected chi connectivity index (χ4v) is 2.18. The van der Waals surface area contributed by atoms with Gasteiger partial charge in [-0.15, -0.1) is 0 Å². The Morgan fingerprint density at radius 3 is 3.00 bits per heavy atom. The summed E-state index contributed by atoms with van der Waals surface area (Å²) in [5.74, 6) is 0. The number of amides is 2. The fraction of sp³-hybridized carbons (Fsp3) is 0.462. The van der Waals surface area contributed by atoms with E-state index in [2.05, 4.69) is 16.0 Å². The van der Waals surface area contributed by atoms with Crippen LogP contribution in [0.15, 0.2) is 18.2 Å². The molecule has 0 spiro atoms. The van der Waals surface area contributed by atoms with Crippen LogP contribution in [0.5, 0.6) is 0 Å². The summed E-state index contributed by atoms with van der Waals surface area (Å²) >= 11 is 6.01. The summed E-state index contributed by atoms with van der Waals surface area (Å²) in [4.78, 5) is 11.8. The van der Waals surface area contributed by atoms with Crippen molar-refractivity contribution in [2.45, 2.75) is 25.8 Å². The van der Waals surface area contributed by atoms with Crippen molar-refractivity contribution >= 4 is 23.3 Å². The van der Waals surface area contributed by atoms with Gasteiger partial charge in [-0.05, 0) is 44.0 Å². The third-order valence-electron chi connectivity index (χ3n) is 3.06. The molecular weight excluding hydrogens is 250 g/mol. The molecule has 1 aromatic carbocycles. The number of anilines is 1. The Morgan fingerprint density at radius 2 is 2.33 bits per heavy atom. The standard InChI is InChI=1S/C13H18ClN3O/c1-9-4-5-10(7-12(9)14)16-13(18)17-11-3-2-6-15-8-11/h4-5,7,11,15H,2-3,6,8H2,1H3,(H2,16,17,18)/t11-/m1/s1. The van der Waals surface area contributed by atoms with Gasteiger partial charge in [0, 0.05) is 23.3 Å². The van der Waals surface area contributed by atoms with Crippen LogP contribution in [0, 0.1) is 6.92 Å². The van der Waals surface area contributed by atoms with Crippen LogP contribution in [0.25, 0.3) is 0 Å². The predicted octanol–water partition coefficient (Wildman–Crippen LogP) is 2.52. The number of rotatable bonds is 2. The highest BCUT2D eigenvalue weighted by Gasteiger charge is 2.15. The molecule has 0 aromatic heterocycles. The highest BCUT2D eigenvalue weighted by molar-refractivity contribution is 6.31. The Hall–Kier alpha value is -1.26. The maximum Gasteiger partial charge on any atom is 0.319 e. The number of aryl methyl sites for hydroxylation is 1. The normalized spacial score (nSPS) is 19.3. The fourth-order valence-electron chi connectivity index (χ4n) is 2.00. The molecule has 5 heteroatoms. The molecule has 0 aliphatic carbocycles. The summed E-state index contributed by atoms with van der Waals surface area (Å²) < 4.78 is 0. The minimum atomic E-state index is -0.177. The Kier molecular flexibility index (Phi) is 4.44. The average Bonchev–Trinajstić information content (AvgIpc) is 2.35. The van der Waals surface area contributed by atoms with Gasteiger partial charge in [0.1, 0.15) is 0 Å². The first kappa shape index (κ1) is 13.2. The largest absolute Gasteiger partial charge is 0.334 e. The maximum atomic E-state index is 11.8. The highest BCUT2D eigenvalue weighted by atomic mass is 35.5. The number of piperidine rings is 1.